The van der Waals surface area contributed by atoms with Crippen LogP contribution in [0.25, 0.3) is 0 Å². The second-order valence-corrected chi connectivity index (χ2v) is 7.79. The van der Waals surface area contributed by atoms with E-state index in [1.165, 1.54) is 0 Å². The summed E-state index contributed by atoms with van der Waals surface area (Å²) in [6.07, 6.45) is -1.26. The summed E-state index contributed by atoms with van der Waals surface area (Å²) in [5, 5.41) is 10.3. The Labute approximate surface area is 170 Å². The molecule has 7 heteroatoms. The average molecular weight is 406 g/mol. The van der Waals surface area contributed by atoms with Crippen molar-refractivity contribution in [1.29, 1.82) is 0 Å². The average Bonchev–Trinajstić information content (AvgIpc) is 2.98. The van der Waals surface area contributed by atoms with E-state index >= 15 is 0 Å². The predicted molar refractivity (Wildman–Crippen MR) is 107 cm³/mol. The van der Waals surface area contributed by atoms with Gasteiger partial charge in [-0.3, -0.25) is 4.90 Å². The van der Waals surface area contributed by atoms with Crippen LogP contribution in [0.5, 0.6) is 11.5 Å². The molecule has 1 aliphatic rings. The number of hydrogen-bond donors (Lipinski definition) is 1. The fourth-order valence-corrected chi connectivity index (χ4v) is 3.16. The van der Waals surface area contributed by atoms with E-state index in [2.05, 4.69) is 16.7 Å². The van der Waals surface area contributed by atoms with Gasteiger partial charge in [0.2, 0.25) is 0 Å². The van der Waals surface area contributed by atoms with E-state index in [-0.39, 0.29) is 5.75 Å². The highest BCUT2D eigenvalue weighted by molar-refractivity contribution is 5.28. The lowest BCUT2D eigenvalue weighted by atomic mass is 10.2. The topological polar surface area (TPSA) is 45.2 Å². The normalized spacial score (nSPS) is 20.8. The molecule has 3 atom stereocenters. The summed E-state index contributed by atoms with van der Waals surface area (Å²) in [5.74, 6) is -0.502. The maximum absolute atomic E-state index is 13.3. The largest absolute Gasteiger partial charge is 0.492 e. The monoisotopic (exact) mass is 406 g/mol. The quantitative estimate of drug-likeness (QED) is 0.730. The first-order chi connectivity index (χ1) is 13.8. The molecule has 2 aromatic carbocycles. The van der Waals surface area contributed by atoms with Crippen molar-refractivity contribution in [2.75, 3.05) is 33.8 Å². The number of nitrogens with zero attached hydrogens (tertiary/aromatic N) is 2. The standard InChI is InChI=1S/C22H28F2N2O3/c1-15(25(2)3)14-28-19-6-4-16(5-7-19)11-26-12-21(27)22(13-26)29-20-9-17(23)8-18(24)10-20/h4-10,15,21-22,27H,11-14H2,1-3H3/t15-,21-,22-/m0/s1. The number of aliphatic hydroxyl groups excluding tert-OH is 1. The minimum atomic E-state index is -0.726. The van der Waals surface area contributed by atoms with Crippen molar-refractivity contribution in [3.05, 3.63) is 59.7 Å². The zero-order valence-electron chi connectivity index (χ0n) is 17.0. The fourth-order valence-electron chi connectivity index (χ4n) is 3.16. The maximum atomic E-state index is 13.3. The van der Waals surface area contributed by atoms with E-state index in [0.29, 0.717) is 32.3 Å². The Balaban J connectivity index is 1.52. The molecule has 1 aliphatic heterocycles. The third-order valence-corrected chi connectivity index (χ3v) is 5.14. The molecular formula is C22H28F2N2O3. The minimum absolute atomic E-state index is 0.0851. The Hall–Kier alpha value is -2.22. The Bertz CT molecular complexity index is 781. The van der Waals surface area contributed by atoms with Crippen LogP contribution in [0.15, 0.2) is 42.5 Å². The van der Waals surface area contributed by atoms with Gasteiger partial charge >= 0.3 is 0 Å². The Morgan fingerprint density at radius 1 is 1.07 bits per heavy atom. The van der Waals surface area contributed by atoms with E-state index < -0.39 is 23.8 Å². The van der Waals surface area contributed by atoms with Crippen LogP contribution >= 0.6 is 0 Å². The number of rotatable bonds is 8. The molecule has 0 saturated carbocycles. The van der Waals surface area contributed by atoms with Crippen molar-refractivity contribution in [2.45, 2.75) is 31.7 Å². The van der Waals surface area contributed by atoms with E-state index in [1.54, 1.807) is 0 Å². The first-order valence-electron chi connectivity index (χ1n) is 9.71. The van der Waals surface area contributed by atoms with Crippen LogP contribution in [0, 0.1) is 11.6 Å². The van der Waals surface area contributed by atoms with E-state index in [0.717, 1.165) is 29.5 Å². The molecule has 0 amide bonds. The number of β-amino-alcohol motifs (C(OH)–C–C–N with tert-alkyl or cyclic N) is 1. The highest BCUT2D eigenvalue weighted by atomic mass is 19.1. The van der Waals surface area contributed by atoms with Crippen molar-refractivity contribution in [3.8, 4) is 11.5 Å². The van der Waals surface area contributed by atoms with Gasteiger partial charge in [0.15, 0.2) is 0 Å². The molecule has 0 spiro atoms. The number of hydrogen-bond acceptors (Lipinski definition) is 5. The molecule has 1 saturated heterocycles. The molecule has 0 radical (unpaired) electrons. The van der Waals surface area contributed by atoms with Crippen LogP contribution in [-0.2, 0) is 6.54 Å². The molecule has 0 bridgehead atoms. The number of likely N-dealkylation sites (N-methyl/N-ethyl adjacent to an activating group) is 1. The van der Waals surface area contributed by atoms with Gasteiger partial charge in [-0.1, -0.05) is 12.1 Å². The van der Waals surface area contributed by atoms with Crippen molar-refractivity contribution in [1.82, 2.24) is 9.80 Å². The van der Waals surface area contributed by atoms with Gasteiger partial charge in [-0.15, -0.1) is 0 Å². The van der Waals surface area contributed by atoms with Crippen LogP contribution in [0.4, 0.5) is 8.78 Å². The van der Waals surface area contributed by atoms with Crippen LogP contribution in [0.2, 0.25) is 0 Å². The van der Waals surface area contributed by atoms with Gasteiger partial charge in [0.1, 0.15) is 41.9 Å². The number of ether oxygens (including phenoxy) is 2. The molecule has 29 heavy (non-hydrogen) atoms. The lowest BCUT2D eigenvalue weighted by molar-refractivity contribution is 0.0732. The summed E-state index contributed by atoms with van der Waals surface area (Å²) in [4.78, 5) is 4.15. The van der Waals surface area contributed by atoms with Crippen LogP contribution in [0.3, 0.4) is 0 Å². The van der Waals surface area contributed by atoms with Gasteiger partial charge in [0, 0.05) is 43.9 Å². The summed E-state index contributed by atoms with van der Waals surface area (Å²) >= 11 is 0. The SMILES string of the molecule is C[C@@H](COc1ccc(CN2C[C@H](Oc3cc(F)cc(F)c3)[C@@H](O)C2)cc1)N(C)C. The zero-order valence-corrected chi connectivity index (χ0v) is 17.0. The highest BCUT2D eigenvalue weighted by Gasteiger charge is 2.33. The van der Waals surface area contributed by atoms with E-state index in [4.69, 9.17) is 9.47 Å². The first kappa shape index (κ1) is 21.5. The molecule has 1 N–H and O–H groups in total. The highest BCUT2D eigenvalue weighted by Crippen LogP contribution is 2.23. The minimum Gasteiger partial charge on any atom is -0.492 e. The Kier molecular flexibility index (Phi) is 7.05. The second-order valence-electron chi connectivity index (χ2n) is 7.79. The number of aliphatic hydroxyl groups is 1. The molecule has 1 heterocycles. The summed E-state index contributed by atoms with van der Waals surface area (Å²) in [6.45, 7) is 4.26. The maximum Gasteiger partial charge on any atom is 0.138 e. The van der Waals surface area contributed by atoms with Gasteiger partial charge in [-0.05, 0) is 38.7 Å². The summed E-state index contributed by atoms with van der Waals surface area (Å²) in [7, 11) is 4.03. The zero-order chi connectivity index (χ0) is 21.0. The van der Waals surface area contributed by atoms with E-state index in [1.807, 2.05) is 38.4 Å². The van der Waals surface area contributed by atoms with Gasteiger partial charge in [-0.25, -0.2) is 8.78 Å². The van der Waals surface area contributed by atoms with Gasteiger partial charge in [-0.2, -0.15) is 0 Å². The van der Waals surface area contributed by atoms with E-state index in [9.17, 15) is 13.9 Å². The Morgan fingerprint density at radius 3 is 2.34 bits per heavy atom. The molecule has 5 nitrogen and oxygen atoms in total. The molecule has 2 aromatic rings. The van der Waals surface area contributed by atoms with Gasteiger partial charge < -0.3 is 19.5 Å². The summed E-state index contributed by atoms with van der Waals surface area (Å²) in [5.41, 5.74) is 1.09. The van der Waals surface area contributed by atoms with Crippen LogP contribution in [-0.4, -0.2) is 66.9 Å². The fraction of sp³-hybridized carbons (Fsp3) is 0.455. The first-order valence-corrected chi connectivity index (χ1v) is 9.71. The summed E-state index contributed by atoms with van der Waals surface area (Å²) in [6, 6.07) is 11.2. The number of benzene rings is 2. The third-order valence-electron chi connectivity index (χ3n) is 5.14. The molecule has 0 aromatic heterocycles. The molecule has 158 valence electrons. The second kappa shape index (κ2) is 9.52. The van der Waals surface area contributed by atoms with Crippen molar-refractivity contribution >= 4 is 0 Å². The molecular weight excluding hydrogens is 378 g/mol. The van der Waals surface area contributed by atoms with Crippen LogP contribution < -0.4 is 9.47 Å². The number of halogens is 2. The molecule has 3 rings (SSSR count). The molecule has 0 aliphatic carbocycles. The lowest BCUT2D eigenvalue weighted by Crippen LogP contribution is -2.30. The lowest BCUT2D eigenvalue weighted by Gasteiger charge is -2.20. The number of likely N-dealkylation sites (tertiary alicyclic amines) is 1. The van der Waals surface area contributed by atoms with Crippen LogP contribution in [0.1, 0.15) is 12.5 Å². The summed E-state index contributed by atoms with van der Waals surface area (Å²) < 4.78 is 38.1. The third kappa shape index (κ3) is 6.13. The van der Waals surface area contributed by atoms with Crippen molar-refractivity contribution in [3.63, 3.8) is 0 Å². The van der Waals surface area contributed by atoms with Gasteiger partial charge in [0.05, 0.1) is 0 Å². The van der Waals surface area contributed by atoms with Crippen molar-refractivity contribution in [2.24, 2.45) is 0 Å². The van der Waals surface area contributed by atoms with Gasteiger partial charge in [0.25, 0.3) is 0 Å². The Morgan fingerprint density at radius 2 is 1.72 bits per heavy atom. The smallest absolute Gasteiger partial charge is 0.138 e. The molecule has 1 fully saturated rings. The van der Waals surface area contributed by atoms with Crippen molar-refractivity contribution < 1.29 is 23.4 Å². The molecule has 0 unspecified atom stereocenters. The predicted octanol–water partition coefficient (Wildman–Crippen LogP) is 2.92.